The molecule has 2 heterocycles. The van der Waals surface area contributed by atoms with Gasteiger partial charge in [0.15, 0.2) is 5.82 Å². The first-order chi connectivity index (χ1) is 11.5. The standard InChI is InChI=1S/C19H30N4O/c1-15-4-5-17(21-20-15)23-12-10-19(11-13-23)8-6-16(7-9-19)14-18(24)22(2)3/h4-5,16H,6-14H2,1-3H3. The molecule has 132 valence electrons. The first-order valence-corrected chi connectivity index (χ1v) is 9.23. The summed E-state index contributed by atoms with van der Waals surface area (Å²) in [5.74, 6) is 1.89. The maximum Gasteiger partial charge on any atom is 0.222 e. The van der Waals surface area contributed by atoms with E-state index in [4.69, 9.17) is 0 Å². The predicted molar refractivity (Wildman–Crippen MR) is 95.9 cm³/mol. The van der Waals surface area contributed by atoms with Crippen molar-refractivity contribution in [1.29, 1.82) is 0 Å². The second-order valence-corrected chi connectivity index (χ2v) is 7.96. The lowest BCUT2D eigenvalue weighted by Gasteiger charge is -2.46. The maximum absolute atomic E-state index is 11.9. The number of nitrogens with zero attached hydrogens (tertiary/aromatic N) is 4. The Bertz CT molecular complexity index is 551. The minimum atomic E-state index is 0.281. The lowest BCUT2D eigenvalue weighted by atomic mass is 9.65. The van der Waals surface area contributed by atoms with Gasteiger partial charge in [-0.15, -0.1) is 5.10 Å². The molecule has 0 radical (unpaired) electrons. The molecule has 1 aromatic rings. The third-order valence-electron chi connectivity index (χ3n) is 6.06. The predicted octanol–water partition coefficient (Wildman–Crippen LogP) is 3.04. The Kier molecular flexibility index (Phi) is 5.07. The molecule has 1 spiro atoms. The highest BCUT2D eigenvalue weighted by Crippen LogP contribution is 2.47. The van der Waals surface area contributed by atoms with Crippen molar-refractivity contribution < 1.29 is 4.79 Å². The molecule has 3 rings (SSSR count). The van der Waals surface area contributed by atoms with Gasteiger partial charge in [-0.05, 0) is 68.9 Å². The van der Waals surface area contributed by atoms with Crippen LogP contribution in [0.25, 0.3) is 0 Å². The van der Waals surface area contributed by atoms with Crippen LogP contribution in [0.3, 0.4) is 0 Å². The number of hydrogen-bond acceptors (Lipinski definition) is 4. The number of aromatic nitrogens is 2. The molecule has 1 aliphatic carbocycles. The monoisotopic (exact) mass is 330 g/mol. The SMILES string of the molecule is Cc1ccc(N2CCC3(CCC(CC(=O)N(C)C)CC3)CC2)nn1. The summed E-state index contributed by atoms with van der Waals surface area (Å²) in [7, 11) is 3.71. The molecule has 0 bridgehead atoms. The van der Waals surface area contributed by atoms with Crippen molar-refractivity contribution in [3.8, 4) is 0 Å². The fraction of sp³-hybridized carbons (Fsp3) is 0.737. The van der Waals surface area contributed by atoms with E-state index in [0.717, 1.165) is 31.0 Å². The van der Waals surface area contributed by atoms with Crippen LogP contribution >= 0.6 is 0 Å². The molecule has 1 aliphatic heterocycles. The second kappa shape index (κ2) is 7.08. The van der Waals surface area contributed by atoms with Gasteiger partial charge in [-0.3, -0.25) is 4.79 Å². The fourth-order valence-electron chi connectivity index (χ4n) is 4.19. The van der Waals surface area contributed by atoms with Crippen molar-refractivity contribution in [2.24, 2.45) is 11.3 Å². The Labute approximate surface area is 145 Å². The normalized spacial score (nSPS) is 21.0. The largest absolute Gasteiger partial charge is 0.355 e. The Morgan fingerprint density at radius 3 is 2.38 bits per heavy atom. The number of carbonyl (C=O) groups is 1. The molecule has 5 nitrogen and oxygen atoms in total. The van der Waals surface area contributed by atoms with Crippen molar-refractivity contribution in [3.05, 3.63) is 17.8 Å². The molecule has 1 aromatic heterocycles. The molecule has 0 atom stereocenters. The molecular formula is C19H30N4O. The minimum absolute atomic E-state index is 0.281. The number of amides is 1. The molecule has 0 N–H and O–H groups in total. The molecule has 2 aliphatic rings. The van der Waals surface area contributed by atoms with E-state index in [9.17, 15) is 4.79 Å². The number of carbonyl (C=O) groups excluding carboxylic acids is 1. The summed E-state index contributed by atoms with van der Waals surface area (Å²) in [6.07, 6.45) is 8.22. The Balaban J connectivity index is 1.50. The van der Waals surface area contributed by atoms with Crippen LogP contribution in [-0.4, -0.2) is 48.2 Å². The van der Waals surface area contributed by atoms with Gasteiger partial charge in [-0.2, -0.15) is 5.10 Å². The Hall–Kier alpha value is -1.65. The molecule has 0 aromatic carbocycles. The number of rotatable bonds is 3. The number of anilines is 1. The maximum atomic E-state index is 11.9. The molecular weight excluding hydrogens is 300 g/mol. The van der Waals surface area contributed by atoms with Gasteiger partial charge in [-0.25, -0.2) is 0 Å². The summed E-state index contributed by atoms with van der Waals surface area (Å²) in [5.41, 5.74) is 1.48. The minimum Gasteiger partial charge on any atom is -0.355 e. The molecule has 1 saturated carbocycles. The lowest BCUT2D eigenvalue weighted by Crippen LogP contribution is -2.42. The van der Waals surface area contributed by atoms with Crippen molar-refractivity contribution in [2.45, 2.75) is 51.9 Å². The molecule has 24 heavy (non-hydrogen) atoms. The number of hydrogen-bond donors (Lipinski definition) is 0. The molecule has 0 unspecified atom stereocenters. The van der Waals surface area contributed by atoms with Gasteiger partial charge in [0, 0.05) is 33.6 Å². The average Bonchev–Trinajstić information content (AvgIpc) is 2.59. The third kappa shape index (κ3) is 3.87. The molecule has 2 fully saturated rings. The van der Waals surface area contributed by atoms with E-state index in [-0.39, 0.29) is 5.91 Å². The van der Waals surface area contributed by atoms with E-state index < -0.39 is 0 Å². The highest BCUT2D eigenvalue weighted by Gasteiger charge is 2.38. The Morgan fingerprint density at radius 2 is 1.83 bits per heavy atom. The van der Waals surface area contributed by atoms with E-state index in [2.05, 4.69) is 21.2 Å². The summed E-state index contributed by atoms with van der Waals surface area (Å²) >= 11 is 0. The molecule has 5 heteroatoms. The first-order valence-electron chi connectivity index (χ1n) is 9.23. The van der Waals surface area contributed by atoms with Crippen molar-refractivity contribution in [2.75, 3.05) is 32.1 Å². The smallest absolute Gasteiger partial charge is 0.222 e. The van der Waals surface area contributed by atoms with Gasteiger partial charge in [-0.1, -0.05) is 0 Å². The van der Waals surface area contributed by atoms with E-state index >= 15 is 0 Å². The van der Waals surface area contributed by atoms with Crippen LogP contribution in [0, 0.1) is 18.3 Å². The van der Waals surface area contributed by atoms with Crippen molar-refractivity contribution in [3.63, 3.8) is 0 Å². The fourth-order valence-corrected chi connectivity index (χ4v) is 4.19. The van der Waals surface area contributed by atoms with E-state index in [1.807, 2.05) is 27.1 Å². The van der Waals surface area contributed by atoms with Crippen molar-refractivity contribution in [1.82, 2.24) is 15.1 Å². The van der Waals surface area contributed by atoms with Crippen LogP contribution in [0.15, 0.2) is 12.1 Å². The van der Waals surface area contributed by atoms with Gasteiger partial charge in [0.1, 0.15) is 0 Å². The van der Waals surface area contributed by atoms with E-state index in [1.165, 1.54) is 38.5 Å². The quantitative estimate of drug-likeness (QED) is 0.855. The summed E-state index contributed by atoms with van der Waals surface area (Å²) in [4.78, 5) is 16.0. The zero-order valence-electron chi connectivity index (χ0n) is 15.3. The summed E-state index contributed by atoms with van der Waals surface area (Å²) in [6, 6.07) is 4.13. The number of aryl methyl sites for hydroxylation is 1. The summed E-state index contributed by atoms with van der Waals surface area (Å²) < 4.78 is 0. The Morgan fingerprint density at radius 1 is 1.17 bits per heavy atom. The highest BCUT2D eigenvalue weighted by molar-refractivity contribution is 5.75. The van der Waals surface area contributed by atoms with Crippen molar-refractivity contribution >= 4 is 11.7 Å². The third-order valence-corrected chi connectivity index (χ3v) is 6.06. The van der Waals surface area contributed by atoms with E-state index in [1.54, 1.807) is 4.90 Å². The van der Waals surface area contributed by atoms with Gasteiger partial charge < -0.3 is 9.80 Å². The van der Waals surface area contributed by atoms with Gasteiger partial charge >= 0.3 is 0 Å². The van der Waals surface area contributed by atoms with Gasteiger partial charge in [0.25, 0.3) is 0 Å². The second-order valence-electron chi connectivity index (χ2n) is 7.96. The number of piperidine rings is 1. The van der Waals surface area contributed by atoms with Gasteiger partial charge in [0.05, 0.1) is 5.69 Å². The summed E-state index contributed by atoms with van der Waals surface area (Å²) in [6.45, 7) is 4.14. The van der Waals surface area contributed by atoms with Crippen LogP contribution in [-0.2, 0) is 4.79 Å². The lowest BCUT2D eigenvalue weighted by molar-refractivity contribution is -0.130. The van der Waals surface area contributed by atoms with Crippen LogP contribution in [0.4, 0.5) is 5.82 Å². The zero-order chi connectivity index (χ0) is 17.2. The zero-order valence-corrected chi connectivity index (χ0v) is 15.3. The first kappa shape index (κ1) is 17.2. The highest BCUT2D eigenvalue weighted by atomic mass is 16.2. The van der Waals surface area contributed by atoms with E-state index in [0.29, 0.717) is 11.3 Å². The molecule has 1 amide bonds. The average molecular weight is 330 g/mol. The summed E-state index contributed by atoms with van der Waals surface area (Å²) in [5, 5.41) is 8.51. The van der Waals surface area contributed by atoms with Gasteiger partial charge in [0.2, 0.25) is 5.91 Å². The van der Waals surface area contributed by atoms with Crippen LogP contribution in [0.2, 0.25) is 0 Å². The van der Waals surface area contributed by atoms with Crippen LogP contribution < -0.4 is 4.90 Å². The molecule has 1 saturated heterocycles. The van der Waals surface area contributed by atoms with Crippen LogP contribution in [0.1, 0.15) is 50.6 Å². The topological polar surface area (TPSA) is 49.3 Å². The van der Waals surface area contributed by atoms with Crippen LogP contribution in [0.5, 0.6) is 0 Å².